The fourth-order valence-corrected chi connectivity index (χ4v) is 3.71. The second-order valence-electron chi connectivity index (χ2n) is 7.06. The Morgan fingerprint density at radius 1 is 0.867 bits per heavy atom. The van der Waals surface area contributed by atoms with Gasteiger partial charge in [0.25, 0.3) is 17.7 Å². The fourth-order valence-electron chi connectivity index (χ4n) is 3.59. The summed E-state index contributed by atoms with van der Waals surface area (Å²) < 4.78 is 0. The Morgan fingerprint density at radius 3 is 2.03 bits per heavy atom. The van der Waals surface area contributed by atoms with E-state index in [2.05, 4.69) is 0 Å². The second-order valence-corrected chi connectivity index (χ2v) is 7.49. The second kappa shape index (κ2) is 8.13. The zero-order chi connectivity index (χ0) is 21.3. The molecule has 1 aliphatic rings. The number of carbonyl (C=O) groups excluding carboxylic acids is 3. The summed E-state index contributed by atoms with van der Waals surface area (Å²) in [5.74, 6) is -0.892. The summed E-state index contributed by atoms with van der Waals surface area (Å²) in [6, 6.07) is 20.9. The zero-order valence-corrected chi connectivity index (χ0v) is 17.1. The Bertz CT molecular complexity index is 1110. The van der Waals surface area contributed by atoms with E-state index in [0.29, 0.717) is 21.7 Å². The lowest BCUT2D eigenvalue weighted by Crippen LogP contribution is -2.41. The molecule has 0 saturated carbocycles. The molecule has 0 bridgehead atoms. The van der Waals surface area contributed by atoms with E-state index in [1.54, 1.807) is 53.4 Å². The van der Waals surface area contributed by atoms with Crippen LogP contribution in [0.5, 0.6) is 0 Å². The maximum absolute atomic E-state index is 13.3. The van der Waals surface area contributed by atoms with Crippen molar-refractivity contribution < 1.29 is 14.4 Å². The number of nitrogens with zero attached hydrogens (tertiary/aromatic N) is 2. The van der Waals surface area contributed by atoms with Gasteiger partial charge < -0.3 is 4.90 Å². The lowest BCUT2D eigenvalue weighted by molar-refractivity contribution is 0.0654. The number of rotatable bonds is 5. The largest absolute Gasteiger partial charge is 0.306 e. The Kier molecular flexibility index (Phi) is 5.38. The van der Waals surface area contributed by atoms with Gasteiger partial charge in [0, 0.05) is 29.4 Å². The monoisotopic (exact) mass is 418 g/mol. The van der Waals surface area contributed by atoms with Crippen molar-refractivity contribution in [3.8, 4) is 0 Å². The molecule has 150 valence electrons. The van der Waals surface area contributed by atoms with Crippen LogP contribution < -0.4 is 4.90 Å². The summed E-state index contributed by atoms with van der Waals surface area (Å²) in [7, 11) is 0. The molecule has 0 aromatic heterocycles. The van der Waals surface area contributed by atoms with Crippen molar-refractivity contribution >= 4 is 35.0 Å². The Hall–Kier alpha value is -3.44. The van der Waals surface area contributed by atoms with E-state index in [1.165, 1.54) is 4.90 Å². The van der Waals surface area contributed by atoms with Crippen molar-refractivity contribution in [3.63, 3.8) is 0 Å². The summed E-state index contributed by atoms with van der Waals surface area (Å²) in [4.78, 5) is 41.5. The van der Waals surface area contributed by atoms with Crippen LogP contribution in [0.15, 0.2) is 72.8 Å². The van der Waals surface area contributed by atoms with Gasteiger partial charge in [-0.15, -0.1) is 0 Å². The number of aryl methyl sites for hydroxylation is 1. The van der Waals surface area contributed by atoms with Gasteiger partial charge in [-0.05, 0) is 55.0 Å². The van der Waals surface area contributed by atoms with Crippen LogP contribution in [0.25, 0.3) is 0 Å². The maximum atomic E-state index is 13.3. The Morgan fingerprint density at radius 2 is 1.43 bits per heavy atom. The molecule has 0 fully saturated rings. The molecule has 5 nitrogen and oxygen atoms in total. The predicted molar refractivity (Wildman–Crippen MR) is 116 cm³/mol. The number of hydrogen-bond acceptors (Lipinski definition) is 3. The van der Waals surface area contributed by atoms with Gasteiger partial charge in [0.2, 0.25) is 0 Å². The number of carbonyl (C=O) groups is 3. The number of fused-ring (bicyclic) bond motifs is 1. The van der Waals surface area contributed by atoms with Gasteiger partial charge >= 0.3 is 0 Å². The highest BCUT2D eigenvalue weighted by molar-refractivity contribution is 6.30. The third-order valence-electron chi connectivity index (χ3n) is 5.17. The topological polar surface area (TPSA) is 57.7 Å². The smallest absolute Gasteiger partial charge is 0.261 e. The number of halogens is 1. The van der Waals surface area contributed by atoms with Crippen LogP contribution in [0.3, 0.4) is 0 Å². The van der Waals surface area contributed by atoms with Crippen LogP contribution in [0, 0.1) is 6.92 Å². The number of para-hydroxylation sites is 1. The normalized spacial score (nSPS) is 12.8. The molecule has 3 aromatic carbocycles. The van der Waals surface area contributed by atoms with Crippen molar-refractivity contribution in [1.29, 1.82) is 0 Å². The first kappa shape index (κ1) is 19.9. The highest BCUT2D eigenvalue weighted by atomic mass is 35.5. The Balaban J connectivity index is 1.62. The summed E-state index contributed by atoms with van der Waals surface area (Å²) in [5, 5.41) is 0.542. The standard InChI is InChI=1S/C24H19ClN2O3/c1-16-6-2-5-9-21(16)26(22(28)17-10-12-18(25)13-11-17)14-15-27-23(29)19-7-3-4-8-20(19)24(27)30/h2-13H,14-15H2,1H3. The van der Waals surface area contributed by atoms with Crippen molar-refractivity contribution in [3.05, 3.63) is 100 Å². The van der Waals surface area contributed by atoms with Gasteiger partial charge in [0.15, 0.2) is 0 Å². The van der Waals surface area contributed by atoms with Gasteiger partial charge in [-0.3, -0.25) is 19.3 Å². The molecule has 1 aliphatic heterocycles. The molecule has 3 aromatic rings. The minimum absolute atomic E-state index is 0.0972. The molecule has 0 N–H and O–H groups in total. The van der Waals surface area contributed by atoms with E-state index >= 15 is 0 Å². The highest BCUT2D eigenvalue weighted by Crippen LogP contribution is 2.25. The molecule has 0 radical (unpaired) electrons. The molecular weight excluding hydrogens is 400 g/mol. The van der Waals surface area contributed by atoms with Crippen molar-refractivity contribution in [1.82, 2.24) is 4.90 Å². The van der Waals surface area contributed by atoms with Crippen LogP contribution in [-0.4, -0.2) is 35.7 Å². The minimum Gasteiger partial charge on any atom is -0.306 e. The number of anilines is 1. The molecule has 1 heterocycles. The van der Waals surface area contributed by atoms with E-state index in [0.717, 1.165) is 11.3 Å². The van der Waals surface area contributed by atoms with E-state index in [9.17, 15) is 14.4 Å². The average Bonchev–Trinajstić information content (AvgIpc) is 3.00. The van der Waals surface area contributed by atoms with E-state index in [-0.39, 0.29) is 30.8 Å². The first-order valence-electron chi connectivity index (χ1n) is 9.55. The molecule has 0 unspecified atom stereocenters. The average molecular weight is 419 g/mol. The molecule has 4 rings (SSSR count). The van der Waals surface area contributed by atoms with Crippen LogP contribution >= 0.6 is 11.6 Å². The highest BCUT2D eigenvalue weighted by Gasteiger charge is 2.35. The maximum Gasteiger partial charge on any atom is 0.261 e. The molecule has 3 amide bonds. The van der Waals surface area contributed by atoms with E-state index < -0.39 is 0 Å². The molecule has 30 heavy (non-hydrogen) atoms. The van der Waals surface area contributed by atoms with E-state index in [1.807, 2.05) is 31.2 Å². The lowest BCUT2D eigenvalue weighted by Gasteiger charge is -2.26. The summed E-state index contributed by atoms with van der Waals surface area (Å²) >= 11 is 5.96. The quantitative estimate of drug-likeness (QED) is 0.569. The third-order valence-corrected chi connectivity index (χ3v) is 5.42. The van der Waals surface area contributed by atoms with Gasteiger partial charge in [-0.25, -0.2) is 0 Å². The molecule has 6 heteroatoms. The van der Waals surface area contributed by atoms with Crippen LogP contribution in [0.1, 0.15) is 36.6 Å². The predicted octanol–water partition coefficient (Wildman–Crippen LogP) is 4.59. The number of imide groups is 1. The van der Waals surface area contributed by atoms with Crippen molar-refractivity contribution in [2.75, 3.05) is 18.0 Å². The van der Waals surface area contributed by atoms with Gasteiger partial charge in [0.05, 0.1) is 11.1 Å². The fraction of sp³-hybridized carbons (Fsp3) is 0.125. The van der Waals surface area contributed by atoms with Crippen LogP contribution in [0.4, 0.5) is 5.69 Å². The van der Waals surface area contributed by atoms with Crippen LogP contribution in [0.2, 0.25) is 5.02 Å². The lowest BCUT2D eigenvalue weighted by atomic mass is 10.1. The molecule has 0 aliphatic carbocycles. The number of hydrogen-bond donors (Lipinski definition) is 0. The molecule has 0 saturated heterocycles. The Labute approximate surface area is 179 Å². The van der Waals surface area contributed by atoms with Crippen molar-refractivity contribution in [2.45, 2.75) is 6.92 Å². The summed E-state index contributed by atoms with van der Waals surface area (Å²) in [6.07, 6.45) is 0. The van der Waals surface area contributed by atoms with E-state index in [4.69, 9.17) is 11.6 Å². The summed E-state index contributed by atoms with van der Waals surface area (Å²) in [5.41, 5.74) is 2.92. The first-order valence-corrected chi connectivity index (χ1v) is 9.93. The minimum atomic E-state index is -0.334. The van der Waals surface area contributed by atoms with Crippen LogP contribution in [-0.2, 0) is 0 Å². The van der Waals surface area contributed by atoms with Gasteiger partial charge in [0.1, 0.15) is 0 Å². The number of amides is 3. The third kappa shape index (κ3) is 3.60. The molecule has 0 atom stereocenters. The zero-order valence-electron chi connectivity index (χ0n) is 16.3. The van der Waals surface area contributed by atoms with Gasteiger partial charge in [-0.2, -0.15) is 0 Å². The summed E-state index contributed by atoms with van der Waals surface area (Å²) in [6.45, 7) is 2.19. The number of benzene rings is 3. The first-order chi connectivity index (χ1) is 14.5. The molecular formula is C24H19ClN2O3. The van der Waals surface area contributed by atoms with Crippen molar-refractivity contribution in [2.24, 2.45) is 0 Å². The molecule has 0 spiro atoms. The SMILES string of the molecule is Cc1ccccc1N(CCN1C(=O)c2ccccc2C1=O)C(=O)c1ccc(Cl)cc1. The van der Waals surface area contributed by atoms with Gasteiger partial charge in [-0.1, -0.05) is 41.9 Å².